The van der Waals surface area contributed by atoms with E-state index in [-0.39, 0.29) is 128 Å². The minimum atomic E-state index is -0.927. The van der Waals surface area contributed by atoms with Gasteiger partial charge in [-0.2, -0.15) is 0 Å². The largest absolute Gasteiger partial charge is 0.495 e. The van der Waals surface area contributed by atoms with Gasteiger partial charge >= 0.3 is 0 Å². The Hall–Kier alpha value is -14.0. The summed E-state index contributed by atoms with van der Waals surface area (Å²) < 4.78 is 125. The number of halogens is 8. The van der Waals surface area contributed by atoms with Gasteiger partial charge < -0.3 is 99.0 Å². The molecular weight excluding hydrogens is 2030 g/mol. The van der Waals surface area contributed by atoms with Gasteiger partial charge in [0.2, 0.25) is 0 Å². The Morgan fingerprint density at radius 1 is 0.367 bits per heavy atom. The number of carbonyl (C=O) groups is 4. The number of anilines is 8. The van der Waals surface area contributed by atoms with E-state index in [0.29, 0.717) is 220 Å². The number of hydrogen-bond donors (Lipinski definition) is 7. The number of aromatic nitrogens is 12. The van der Waals surface area contributed by atoms with E-state index in [9.17, 15) is 19.2 Å². The van der Waals surface area contributed by atoms with Gasteiger partial charge in [0.1, 0.15) is 69.5 Å². The highest BCUT2D eigenvalue weighted by Crippen LogP contribution is 2.50. The van der Waals surface area contributed by atoms with Gasteiger partial charge in [0.05, 0.1) is 223 Å². The molecule has 0 spiro atoms. The van der Waals surface area contributed by atoms with E-state index in [4.69, 9.17) is 123 Å². The van der Waals surface area contributed by atoms with E-state index in [1.54, 1.807) is 36.7 Å². The number of benzene rings is 4. The Labute approximate surface area is 881 Å². The number of nitrogens with zero attached hydrogens (tertiary/aromatic N) is 13. The number of hydrogen-bond acceptors (Lipinski definition) is 36. The number of ether oxygens (including phenoxy) is 12. The summed E-state index contributed by atoms with van der Waals surface area (Å²) in [5.41, 5.74) is 2.02. The van der Waals surface area contributed by atoms with E-state index in [1.807, 2.05) is 12.1 Å². The second kappa shape index (κ2) is 47.9. The first-order valence-corrected chi connectivity index (χ1v) is 50.2. The van der Waals surface area contributed by atoms with E-state index in [2.05, 4.69) is 115 Å². The van der Waals surface area contributed by atoms with Gasteiger partial charge in [-0.3, -0.25) is 19.2 Å². The molecule has 44 heteroatoms. The van der Waals surface area contributed by atoms with Crippen LogP contribution >= 0.6 is 46.4 Å². The number of fused-ring (bicyclic) bond motifs is 4. The summed E-state index contributed by atoms with van der Waals surface area (Å²) in [6.45, 7) is 21.9. The summed E-state index contributed by atoms with van der Waals surface area (Å²) >= 11 is 26.6. The van der Waals surface area contributed by atoms with Crippen molar-refractivity contribution >= 4 is 160 Å². The maximum atomic E-state index is 15.3. The summed E-state index contributed by atoms with van der Waals surface area (Å²) in [4.78, 5) is 105. The van der Waals surface area contributed by atoms with Crippen LogP contribution in [0.1, 0.15) is 77.6 Å². The number of allylic oxidation sites excluding steroid dienone is 4. The summed E-state index contributed by atoms with van der Waals surface area (Å²) in [5.74, 6) is 2.71. The molecule has 150 heavy (non-hydrogen) atoms. The molecule has 5 saturated heterocycles. The molecule has 8 aromatic heterocycles. The van der Waals surface area contributed by atoms with Crippen molar-refractivity contribution in [2.24, 2.45) is 29.6 Å². The molecule has 4 aromatic carbocycles. The third-order valence-electron chi connectivity index (χ3n) is 27.1. The smallest absolute Gasteiger partial charge is 0.179 e. The van der Waals surface area contributed by atoms with Crippen LogP contribution in [-0.4, -0.2) is 248 Å². The minimum Gasteiger partial charge on any atom is -0.495 e. The van der Waals surface area contributed by atoms with Crippen LogP contribution in [0, 0.1) is 52.9 Å². The van der Waals surface area contributed by atoms with Crippen LogP contribution in [0.4, 0.5) is 64.1 Å². The highest BCUT2D eigenvalue weighted by Gasteiger charge is 2.39. The van der Waals surface area contributed by atoms with Crippen LogP contribution in [0.25, 0.3) is 89.2 Å². The number of ketones is 4. The van der Waals surface area contributed by atoms with Crippen LogP contribution in [0.2, 0.25) is 20.1 Å². The first-order chi connectivity index (χ1) is 72.6. The lowest BCUT2D eigenvalue weighted by molar-refractivity contribution is -0.116. The van der Waals surface area contributed by atoms with E-state index < -0.39 is 34.4 Å². The fourth-order valence-electron chi connectivity index (χ4n) is 18.0. The van der Waals surface area contributed by atoms with Crippen LogP contribution in [0.3, 0.4) is 0 Å². The van der Waals surface area contributed by atoms with Crippen LogP contribution in [0.15, 0.2) is 124 Å². The zero-order chi connectivity index (χ0) is 106. The summed E-state index contributed by atoms with van der Waals surface area (Å²) in [7, 11) is 11.2. The highest BCUT2D eigenvalue weighted by molar-refractivity contribution is 6.42. The SMILES string of the molecule is C=CC(=O)C[C@H]1COC[C@H]1Nc1cc2c(N3CCC3)nc(-c3c(Cl)c(OC)cc(OC)c3Cl)nc2cn1.C=CC(=O)C[C@H]1COC[C@H]1Nc1cc2c(NC3CC3)nc(-c3c(Cl)c(OC)cc(OC)c3Cl)nc2cn1.C=CC(=O)C[C@H]1COC[C@H]1Nc1cc2c(NC3CC3)nc(-c3c(F)c(OC)cc(OC)c3F)nc2cn1.C=CC(=O)C[C@H]1COC[C@H]1Nc1cc2c(N[C@@H](C)C3CC3)nc(-c3c(F)c(OC)cc(OC)c3F)nc2cn1. The molecule has 0 unspecified atom stereocenters. The first-order valence-electron chi connectivity index (χ1n) is 48.7. The molecule has 8 aliphatic rings. The molecule has 7 N–H and O–H groups in total. The fourth-order valence-corrected chi connectivity index (χ4v) is 19.4. The molecule has 0 amide bonds. The minimum absolute atomic E-state index is 0.00117. The molecular formula is C106H112Cl4F4N20O16. The second-order valence-electron chi connectivity index (χ2n) is 37.2. The monoisotopic (exact) mass is 2140 g/mol. The normalized spacial score (nSPS) is 19.1. The molecule has 3 saturated carbocycles. The highest BCUT2D eigenvalue weighted by atomic mass is 35.5. The molecule has 13 heterocycles. The van der Waals surface area contributed by atoms with Crippen LogP contribution < -0.4 is 80.0 Å². The van der Waals surface area contributed by atoms with Crippen LogP contribution in [-0.2, 0) is 38.1 Å². The van der Waals surface area contributed by atoms with Crippen molar-refractivity contribution in [3.8, 4) is 91.5 Å². The Bertz CT molecular complexity index is 6860. The lowest BCUT2D eigenvalue weighted by Gasteiger charge is -2.33. The standard InChI is InChI=1S/C28H31F2N5O4.2C26H27Cl2N5O4.C26H27F2N5O4/c1-5-17(36)8-16-12-39-13-20(16)33-23-9-18-19(11-31-23)34-28(35-27(18)32-14(2)15-6-7-15)24-25(29)21(37-3)10-22(38-4)26(24)30;1-4-15(34)7-13-11-37-12-18(13)31-21-8-16-17(10-29-21)32-26(33-25(16)30-14-5-6-14)22-23(27)19(35-2)9-20(36-3)24(22)28;1-4-15(34)8-14-12-37-13-18(14)30-21-9-16-17(11-29-21)31-25(32-26(16)33-6-5-7-33)22-23(27)19(35-2)10-20(36-3)24(22)28;1-4-15(34)7-13-11-37-12-18(13)31-21-8-16-17(10-29-21)32-26(33-25(16)30-14-5-6-14)22-23(27)19(35-2)9-20(36-3)24(22)28/h5,9-11,14-16,20H,1,6-8,12-13H2,2-4H3,(H,31,33)(H,32,34,35);4,8-10,13-14,18H,1,5-7,11-12H2,2-3H3,(H,29,31)(H,30,32,33);4,9-11,14,18H,1,5-8,12-13H2,2-3H3,(H,29,30);4,8-10,13-14,18H,1,5-7,11-12H2,2-3H3,(H,29,31)(H,30,32,33)/t14-,16-,20+;13-,18+;14-,18+;13-,18+/m0000/s1. The summed E-state index contributed by atoms with van der Waals surface area (Å²) in [6, 6.07) is 13.3. The molecule has 5 aliphatic heterocycles. The third kappa shape index (κ3) is 24.2. The Morgan fingerprint density at radius 2 is 0.640 bits per heavy atom. The van der Waals surface area contributed by atoms with Crippen molar-refractivity contribution < 1.29 is 93.6 Å². The topological polar surface area (TPSA) is 421 Å². The van der Waals surface area contributed by atoms with Crippen molar-refractivity contribution in [2.75, 3.05) is 165 Å². The molecule has 0 radical (unpaired) electrons. The molecule has 788 valence electrons. The van der Waals surface area contributed by atoms with Crippen molar-refractivity contribution in [3.05, 3.63) is 167 Å². The molecule has 20 rings (SSSR count). The molecule has 3 aliphatic carbocycles. The van der Waals surface area contributed by atoms with Crippen LogP contribution in [0.5, 0.6) is 46.0 Å². The average molecular weight is 2140 g/mol. The van der Waals surface area contributed by atoms with Gasteiger partial charge in [-0.25, -0.2) is 77.4 Å². The average Bonchev–Trinajstić information content (AvgIpc) is 1.10. The molecule has 8 fully saturated rings. The molecule has 12 aromatic rings. The van der Waals surface area contributed by atoms with Crippen molar-refractivity contribution in [1.82, 2.24) is 59.8 Å². The van der Waals surface area contributed by atoms with Gasteiger partial charge in [-0.15, -0.1) is 0 Å². The Kier molecular flexibility index (Phi) is 34.2. The van der Waals surface area contributed by atoms with Crippen molar-refractivity contribution in [2.45, 2.75) is 120 Å². The predicted octanol–water partition coefficient (Wildman–Crippen LogP) is 18.9. The Balaban J connectivity index is 0.000000136. The van der Waals surface area contributed by atoms with Gasteiger partial charge in [-0.1, -0.05) is 72.7 Å². The maximum Gasteiger partial charge on any atom is 0.179 e. The Morgan fingerprint density at radius 3 is 0.920 bits per heavy atom. The second-order valence-corrected chi connectivity index (χ2v) is 38.7. The predicted molar refractivity (Wildman–Crippen MR) is 565 cm³/mol. The lowest BCUT2D eigenvalue weighted by Crippen LogP contribution is -2.38. The summed E-state index contributed by atoms with van der Waals surface area (Å²) in [5, 5.41) is 27.9. The number of methoxy groups -OCH3 is 8. The lowest BCUT2D eigenvalue weighted by atomic mass is 9.97. The molecule has 36 nitrogen and oxygen atoms in total. The number of pyridine rings is 4. The molecule has 9 atom stereocenters. The van der Waals surface area contributed by atoms with Gasteiger partial charge in [0, 0.05) is 126 Å². The third-order valence-corrected chi connectivity index (χ3v) is 28.6. The zero-order valence-corrected chi connectivity index (χ0v) is 86.7. The van der Waals surface area contributed by atoms with E-state index >= 15 is 17.6 Å². The molecule has 0 bridgehead atoms. The van der Waals surface area contributed by atoms with Crippen molar-refractivity contribution in [1.29, 1.82) is 0 Å². The van der Waals surface area contributed by atoms with Crippen molar-refractivity contribution in [3.63, 3.8) is 0 Å². The number of carbonyl (C=O) groups excluding carboxylic acids is 4. The van der Waals surface area contributed by atoms with Gasteiger partial charge in [0.25, 0.3) is 0 Å². The number of nitrogens with one attached hydrogen (secondary N) is 7. The quantitative estimate of drug-likeness (QED) is 0.0138. The van der Waals surface area contributed by atoms with E-state index in [1.165, 1.54) is 93.6 Å². The number of rotatable bonds is 40. The zero-order valence-electron chi connectivity index (χ0n) is 83.7. The summed E-state index contributed by atoms with van der Waals surface area (Å²) in [6.07, 6.45) is 20.5. The van der Waals surface area contributed by atoms with Gasteiger partial charge in [0.15, 0.2) is 92.7 Å². The van der Waals surface area contributed by atoms with Gasteiger partial charge in [-0.05, 0) is 106 Å². The van der Waals surface area contributed by atoms with E-state index in [0.717, 1.165) is 86.8 Å². The first kappa shape index (κ1) is 107. The maximum absolute atomic E-state index is 15.3. The fraction of sp³-hybridized carbons (Fsp3) is 0.396.